The van der Waals surface area contributed by atoms with Crippen LogP contribution in [0, 0.1) is 10.1 Å². The Balaban J connectivity index is 0.00000121. The lowest BCUT2D eigenvalue weighted by molar-refractivity contribution is -0.418. The fourth-order valence-electron chi connectivity index (χ4n) is 0.640. The summed E-state index contributed by atoms with van der Waals surface area (Å²) < 4.78 is 0. The van der Waals surface area contributed by atoms with Gasteiger partial charge in [0, 0.05) is 0 Å². The van der Waals surface area contributed by atoms with Crippen molar-refractivity contribution in [1.82, 2.24) is 0 Å². The zero-order valence-electron chi connectivity index (χ0n) is 6.31. The molecule has 5 nitrogen and oxygen atoms in total. The Morgan fingerprint density at radius 3 is 2.45 bits per heavy atom. The highest BCUT2D eigenvalue weighted by Gasteiger charge is 2.23. The number of hydrogen-bond donors (Lipinski definition) is 0. The van der Waals surface area contributed by atoms with E-state index in [1.54, 1.807) is 0 Å². The first-order valence-corrected chi connectivity index (χ1v) is 2.74. The molecular formula is C6H4NO4+. The third kappa shape index (κ3) is 1.37. The molecule has 0 heterocycles. The number of ketones is 2. The standard InChI is InChI=1S/C6H3NO4/c8-4-1-2-6(9)5(3-4)7(10)11/h1-3H/p+1. The van der Waals surface area contributed by atoms with Gasteiger partial charge >= 0.3 is 7.12 Å². The predicted octanol–water partition coefficient (Wildman–Crippen LogP) is -0.0325. The summed E-state index contributed by atoms with van der Waals surface area (Å²) >= 11 is 0. The first-order valence-electron chi connectivity index (χ1n) is 2.74. The molecule has 0 spiro atoms. The molecule has 0 N–H and O–H groups in total. The smallest absolute Gasteiger partial charge is 0.290 e. The summed E-state index contributed by atoms with van der Waals surface area (Å²) in [5, 5.41) is 10.0. The second-order valence-corrected chi connectivity index (χ2v) is 1.89. The molecule has 11 heavy (non-hydrogen) atoms. The van der Waals surface area contributed by atoms with Gasteiger partial charge in [-0.3, -0.25) is 19.7 Å². The van der Waals surface area contributed by atoms with Crippen molar-refractivity contribution in [1.29, 1.82) is 0 Å². The lowest BCUT2D eigenvalue weighted by Crippen LogP contribution is -2.14. The summed E-state index contributed by atoms with van der Waals surface area (Å²) in [6.45, 7) is 0. The van der Waals surface area contributed by atoms with Gasteiger partial charge in [0.05, 0.1) is 11.0 Å². The summed E-state index contributed by atoms with van der Waals surface area (Å²) in [4.78, 5) is 30.3. The fraction of sp³-hybridized carbons (Fsp3) is 0. The average Bonchev–Trinajstić information content (AvgIpc) is 1.94. The van der Waals surface area contributed by atoms with Gasteiger partial charge in [-0.05, 0) is 12.2 Å². The molecule has 56 valence electrons. The quantitative estimate of drug-likeness (QED) is 0.302. The minimum Gasteiger partial charge on any atom is -0.290 e. The monoisotopic (exact) mass is 154 g/mol. The van der Waals surface area contributed by atoms with Crippen LogP contribution in [-0.2, 0) is 9.59 Å². The number of allylic oxidation sites excluding steroid dienone is 3. The Kier molecular flexibility index (Phi) is 1.63. The van der Waals surface area contributed by atoms with Crippen molar-refractivity contribution >= 4 is 11.6 Å². The van der Waals surface area contributed by atoms with Crippen LogP contribution in [0.25, 0.3) is 0 Å². The van der Waals surface area contributed by atoms with Crippen molar-refractivity contribution in [2.75, 3.05) is 0 Å². The van der Waals surface area contributed by atoms with Gasteiger partial charge in [-0.15, -0.1) is 0 Å². The van der Waals surface area contributed by atoms with Crippen molar-refractivity contribution in [3.05, 3.63) is 34.0 Å². The summed E-state index contributed by atoms with van der Waals surface area (Å²) in [6, 6.07) is 0. The maximum atomic E-state index is 10.6. The van der Waals surface area contributed by atoms with Crippen molar-refractivity contribution in [3.63, 3.8) is 0 Å². The average molecular weight is 154 g/mol. The molecule has 1 aliphatic rings. The fourth-order valence-corrected chi connectivity index (χ4v) is 0.640. The van der Waals surface area contributed by atoms with Crippen LogP contribution in [0.2, 0.25) is 0 Å². The van der Waals surface area contributed by atoms with Gasteiger partial charge in [-0.1, -0.05) is 0 Å². The highest BCUT2D eigenvalue weighted by atomic mass is 16.6. The van der Waals surface area contributed by atoms with Crippen LogP contribution in [0.3, 0.4) is 0 Å². The van der Waals surface area contributed by atoms with E-state index in [2.05, 4.69) is 0 Å². The first kappa shape index (κ1) is 7.33. The van der Waals surface area contributed by atoms with Crippen LogP contribution >= 0.6 is 0 Å². The van der Waals surface area contributed by atoms with E-state index in [1.165, 1.54) is 0 Å². The number of nitro groups is 1. The van der Waals surface area contributed by atoms with E-state index in [1.807, 2.05) is 0 Å². The molecule has 0 aromatic heterocycles. The van der Waals surface area contributed by atoms with Crippen LogP contribution in [0.1, 0.15) is 1.43 Å². The van der Waals surface area contributed by atoms with E-state index >= 15 is 0 Å². The Hall–Kier alpha value is -1.78. The Bertz CT molecular complexity index is 305. The molecule has 0 saturated heterocycles. The molecule has 1 aliphatic carbocycles. The topological polar surface area (TPSA) is 77.3 Å². The van der Waals surface area contributed by atoms with E-state index in [4.69, 9.17) is 0 Å². The van der Waals surface area contributed by atoms with E-state index in [9.17, 15) is 19.7 Å². The van der Waals surface area contributed by atoms with Crippen LogP contribution in [0.5, 0.6) is 0 Å². The normalized spacial score (nSPS) is 16.5. The number of nitrogens with zero attached hydrogens (tertiary/aromatic N) is 1. The molecule has 0 aromatic rings. The van der Waals surface area contributed by atoms with Crippen molar-refractivity contribution in [2.45, 2.75) is 0 Å². The maximum absolute atomic E-state index is 10.6. The second-order valence-electron chi connectivity index (χ2n) is 1.89. The van der Waals surface area contributed by atoms with Crippen molar-refractivity contribution < 1.29 is 15.9 Å². The van der Waals surface area contributed by atoms with Crippen LogP contribution in [0.4, 0.5) is 0 Å². The van der Waals surface area contributed by atoms with E-state index < -0.39 is 22.2 Å². The molecule has 0 radical (unpaired) electrons. The van der Waals surface area contributed by atoms with Gasteiger partial charge in [0.2, 0.25) is 0 Å². The van der Waals surface area contributed by atoms with Crippen LogP contribution in [-0.4, -0.2) is 16.5 Å². The Labute approximate surface area is 62.6 Å². The Morgan fingerprint density at radius 2 is 2.00 bits per heavy atom. The number of rotatable bonds is 1. The summed E-state index contributed by atoms with van der Waals surface area (Å²) in [5.74, 6) is -1.27. The van der Waals surface area contributed by atoms with Gasteiger partial charge in [0.25, 0.3) is 5.78 Å². The van der Waals surface area contributed by atoms with Crippen molar-refractivity contribution in [2.24, 2.45) is 0 Å². The van der Waals surface area contributed by atoms with Gasteiger partial charge < -0.3 is 0 Å². The molecule has 0 fully saturated rings. The van der Waals surface area contributed by atoms with Gasteiger partial charge in [-0.2, -0.15) is 0 Å². The Morgan fingerprint density at radius 1 is 1.36 bits per heavy atom. The molecule has 0 amide bonds. The van der Waals surface area contributed by atoms with E-state index in [-0.39, 0.29) is 1.43 Å². The number of carbonyl (C=O) groups is 2. The predicted molar refractivity (Wildman–Crippen MR) is 35.3 cm³/mol. The summed E-state index contributed by atoms with van der Waals surface area (Å²) in [5.41, 5.74) is -0.669. The largest absolute Gasteiger partial charge is 1.00 e. The first-order chi connectivity index (χ1) is 5.11. The lowest BCUT2D eigenvalue weighted by Gasteiger charge is -1.95. The minimum absolute atomic E-state index is 0. The number of hydrogen-bond acceptors (Lipinski definition) is 4. The van der Waals surface area contributed by atoms with Gasteiger partial charge in [0.1, 0.15) is 0 Å². The summed E-state index contributed by atoms with van der Waals surface area (Å²) in [7, 11) is 0. The van der Waals surface area contributed by atoms with Crippen LogP contribution < -0.4 is 0 Å². The van der Waals surface area contributed by atoms with Crippen molar-refractivity contribution in [3.8, 4) is 0 Å². The van der Waals surface area contributed by atoms with Gasteiger partial charge in [0.15, 0.2) is 5.78 Å². The SMILES string of the molecule is O=C1C=CC(=O)C([N+](=O)[O-])=C1.[H+]. The molecule has 0 aliphatic heterocycles. The molecular weight excluding hydrogens is 150 g/mol. The third-order valence-corrected chi connectivity index (χ3v) is 1.13. The molecule has 0 saturated carbocycles. The minimum atomic E-state index is -0.871. The third-order valence-electron chi connectivity index (χ3n) is 1.13. The van der Waals surface area contributed by atoms with E-state index in [0.717, 1.165) is 12.2 Å². The molecule has 0 bridgehead atoms. The molecule has 1 rings (SSSR count). The van der Waals surface area contributed by atoms with E-state index in [0.29, 0.717) is 6.08 Å². The number of carbonyl (C=O) groups excluding carboxylic acids is 2. The second kappa shape index (κ2) is 2.45. The molecule has 0 aromatic carbocycles. The zero-order chi connectivity index (χ0) is 8.43. The molecule has 0 unspecified atom stereocenters. The van der Waals surface area contributed by atoms with Gasteiger partial charge in [-0.25, -0.2) is 0 Å². The highest BCUT2D eigenvalue weighted by molar-refractivity contribution is 6.16. The molecule has 5 heteroatoms. The summed E-state index contributed by atoms with van der Waals surface area (Å²) in [6.07, 6.45) is 2.60. The zero-order valence-corrected chi connectivity index (χ0v) is 5.31. The maximum Gasteiger partial charge on any atom is 1.00 e. The lowest BCUT2D eigenvalue weighted by atomic mass is 10.1. The highest BCUT2D eigenvalue weighted by Crippen LogP contribution is 2.04. The molecule has 0 atom stereocenters. The van der Waals surface area contributed by atoms with Crippen LogP contribution in [0.15, 0.2) is 23.9 Å².